The third-order valence-corrected chi connectivity index (χ3v) is 2.25. The fourth-order valence-corrected chi connectivity index (χ4v) is 1.33. The molecule has 0 saturated carbocycles. The molecule has 0 aliphatic rings. The van der Waals surface area contributed by atoms with E-state index in [2.05, 4.69) is 15.3 Å². The molecule has 2 aromatic rings. The fourth-order valence-electron chi connectivity index (χ4n) is 1.33. The van der Waals surface area contributed by atoms with Crippen LogP contribution in [0, 0.1) is 6.92 Å². The van der Waals surface area contributed by atoms with Crippen LogP contribution >= 0.6 is 0 Å². The number of benzene rings is 1. The Labute approximate surface area is 98.2 Å². The molecule has 5 nitrogen and oxygen atoms in total. The number of carbonyl (C=O) groups is 1. The van der Waals surface area contributed by atoms with E-state index in [1.165, 1.54) is 6.07 Å². The van der Waals surface area contributed by atoms with Crippen LogP contribution in [-0.4, -0.2) is 21.0 Å². The average Bonchev–Trinajstić information content (AvgIpc) is 2.34. The summed E-state index contributed by atoms with van der Waals surface area (Å²) in [6.07, 6.45) is 3.09. The van der Waals surface area contributed by atoms with Gasteiger partial charge in [0.05, 0.1) is 0 Å². The highest BCUT2D eigenvalue weighted by Crippen LogP contribution is 2.17. The highest BCUT2D eigenvalue weighted by Gasteiger charge is 2.08. The molecule has 17 heavy (non-hydrogen) atoms. The number of anilines is 1. The molecule has 1 aromatic carbocycles. The van der Waals surface area contributed by atoms with E-state index < -0.39 is 0 Å². The third-order valence-electron chi connectivity index (χ3n) is 2.25. The van der Waals surface area contributed by atoms with Gasteiger partial charge in [0, 0.05) is 18.0 Å². The number of aromatic nitrogens is 2. The van der Waals surface area contributed by atoms with Crippen molar-refractivity contribution in [3.8, 4) is 5.75 Å². The Morgan fingerprint density at radius 2 is 2.00 bits per heavy atom. The van der Waals surface area contributed by atoms with E-state index in [-0.39, 0.29) is 17.6 Å². The number of rotatable bonds is 2. The second-order valence-electron chi connectivity index (χ2n) is 3.53. The first-order valence-electron chi connectivity index (χ1n) is 5.05. The molecule has 0 fully saturated rings. The van der Waals surface area contributed by atoms with Gasteiger partial charge >= 0.3 is 0 Å². The molecule has 0 atom stereocenters. The first-order valence-corrected chi connectivity index (χ1v) is 5.05. The molecule has 2 N–H and O–H groups in total. The van der Waals surface area contributed by atoms with E-state index in [4.69, 9.17) is 0 Å². The first-order chi connectivity index (χ1) is 8.16. The molecule has 5 heteroatoms. The maximum absolute atomic E-state index is 11.8. The lowest BCUT2D eigenvalue weighted by atomic mass is 10.1. The van der Waals surface area contributed by atoms with Gasteiger partial charge in [0.2, 0.25) is 5.95 Å². The molecule has 86 valence electrons. The molecule has 0 saturated heterocycles. The monoisotopic (exact) mass is 229 g/mol. The van der Waals surface area contributed by atoms with Crippen LogP contribution in [0.25, 0.3) is 0 Å². The quantitative estimate of drug-likeness (QED) is 0.822. The molecule has 2 rings (SSSR count). The molecule has 1 aromatic heterocycles. The van der Waals surface area contributed by atoms with E-state index in [9.17, 15) is 9.90 Å². The molecule has 0 aliphatic carbocycles. The van der Waals surface area contributed by atoms with Gasteiger partial charge in [-0.1, -0.05) is 0 Å². The Bertz CT molecular complexity index is 541. The summed E-state index contributed by atoms with van der Waals surface area (Å²) in [5.41, 5.74) is 1.10. The lowest BCUT2D eigenvalue weighted by molar-refractivity contribution is 0.102. The van der Waals surface area contributed by atoms with Gasteiger partial charge in [0.25, 0.3) is 5.91 Å². The number of phenolic OH excluding ortho intramolecular Hbond substituents is 1. The number of hydrogen-bond acceptors (Lipinski definition) is 4. The van der Waals surface area contributed by atoms with Gasteiger partial charge in [-0.2, -0.15) is 0 Å². The fraction of sp³-hybridized carbons (Fsp3) is 0.0833. The van der Waals surface area contributed by atoms with Crippen molar-refractivity contribution in [2.24, 2.45) is 0 Å². The zero-order valence-electron chi connectivity index (χ0n) is 9.21. The number of hydrogen-bond donors (Lipinski definition) is 2. The SMILES string of the molecule is Cc1cc(C(=O)Nc2ncccn2)ccc1O. The summed E-state index contributed by atoms with van der Waals surface area (Å²) in [4.78, 5) is 19.6. The number of amides is 1. The van der Waals surface area contributed by atoms with Crippen molar-refractivity contribution >= 4 is 11.9 Å². The van der Waals surface area contributed by atoms with Crippen LogP contribution in [0.2, 0.25) is 0 Å². The number of carbonyl (C=O) groups excluding carboxylic acids is 1. The van der Waals surface area contributed by atoms with Gasteiger partial charge in [0.1, 0.15) is 5.75 Å². The average molecular weight is 229 g/mol. The largest absolute Gasteiger partial charge is 0.508 e. The van der Waals surface area contributed by atoms with E-state index in [1.54, 1.807) is 37.5 Å². The maximum Gasteiger partial charge on any atom is 0.258 e. The van der Waals surface area contributed by atoms with Gasteiger partial charge in [-0.05, 0) is 36.8 Å². The Morgan fingerprint density at radius 3 is 2.65 bits per heavy atom. The zero-order chi connectivity index (χ0) is 12.3. The minimum absolute atomic E-state index is 0.164. The summed E-state index contributed by atoms with van der Waals surface area (Å²) in [6.45, 7) is 1.73. The van der Waals surface area contributed by atoms with Crippen LogP contribution in [0.15, 0.2) is 36.7 Å². The number of nitrogens with one attached hydrogen (secondary N) is 1. The van der Waals surface area contributed by atoms with Crippen LogP contribution in [0.1, 0.15) is 15.9 Å². The van der Waals surface area contributed by atoms with Crippen molar-refractivity contribution in [2.45, 2.75) is 6.92 Å². The first kappa shape index (κ1) is 11.1. The topological polar surface area (TPSA) is 75.1 Å². The van der Waals surface area contributed by atoms with Crippen LogP contribution < -0.4 is 5.32 Å². The summed E-state index contributed by atoms with van der Waals surface area (Å²) in [5.74, 6) is 0.111. The van der Waals surface area contributed by atoms with E-state index in [1.807, 2.05) is 0 Å². The molecule has 0 radical (unpaired) electrons. The number of aromatic hydroxyl groups is 1. The second kappa shape index (κ2) is 4.61. The molecular weight excluding hydrogens is 218 g/mol. The van der Waals surface area contributed by atoms with Crippen molar-refractivity contribution in [3.05, 3.63) is 47.8 Å². The van der Waals surface area contributed by atoms with E-state index >= 15 is 0 Å². The van der Waals surface area contributed by atoms with Crippen LogP contribution in [0.4, 0.5) is 5.95 Å². The molecule has 0 spiro atoms. The van der Waals surface area contributed by atoms with Crippen LogP contribution in [0.5, 0.6) is 5.75 Å². The van der Waals surface area contributed by atoms with Gasteiger partial charge in [0.15, 0.2) is 0 Å². The smallest absolute Gasteiger partial charge is 0.258 e. The summed E-state index contributed by atoms with van der Waals surface area (Å²) < 4.78 is 0. The normalized spacial score (nSPS) is 9.94. The Balaban J connectivity index is 2.18. The van der Waals surface area contributed by atoms with Gasteiger partial charge in [-0.15, -0.1) is 0 Å². The van der Waals surface area contributed by atoms with Crippen molar-refractivity contribution in [3.63, 3.8) is 0 Å². The molecule has 0 bridgehead atoms. The van der Waals surface area contributed by atoms with Crippen molar-refractivity contribution in [1.29, 1.82) is 0 Å². The van der Waals surface area contributed by atoms with Crippen molar-refractivity contribution < 1.29 is 9.90 Å². The predicted molar refractivity (Wildman–Crippen MR) is 62.8 cm³/mol. The Hall–Kier alpha value is -2.43. The summed E-state index contributed by atoms with van der Waals surface area (Å²) in [6, 6.07) is 6.30. The Morgan fingerprint density at radius 1 is 1.29 bits per heavy atom. The zero-order valence-corrected chi connectivity index (χ0v) is 9.21. The maximum atomic E-state index is 11.8. The lowest BCUT2D eigenvalue weighted by Gasteiger charge is -2.04. The van der Waals surface area contributed by atoms with Crippen molar-refractivity contribution in [1.82, 2.24) is 9.97 Å². The minimum atomic E-state index is -0.306. The predicted octanol–water partition coefficient (Wildman–Crippen LogP) is 1.74. The minimum Gasteiger partial charge on any atom is -0.508 e. The second-order valence-corrected chi connectivity index (χ2v) is 3.53. The van der Waals surface area contributed by atoms with Crippen molar-refractivity contribution in [2.75, 3.05) is 5.32 Å². The number of phenols is 1. The summed E-state index contributed by atoms with van der Waals surface area (Å²) >= 11 is 0. The highest BCUT2D eigenvalue weighted by molar-refractivity contribution is 6.03. The summed E-state index contributed by atoms with van der Waals surface area (Å²) in [5, 5.41) is 11.9. The Kier molecular flexibility index (Phi) is 3.00. The molecular formula is C12H11N3O2. The van der Waals surface area contributed by atoms with Gasteiger partial charge in [-0.25, -0.2) is 9.97 Å². The molecule has 1 heterocycles. The number of nitrogens with zero attached hydrogens (tertiary/aromatic N) is 2. The summed E-state index contributed by atoms with van der Waals surface area (Å²) in [7, 11) is 0. The number of aryl methyl sites for hydroxylation is 1. The standard InChI is InChI=1S/C12H11N3O2/c1-8-7-9(3-4-10(8)16)11(17)15-12-13-5-2-6-14-12/h2-7,16H,1H3,(H,13,14,15,17). The third kappa shape index (κ3) is 2.57. The van der Waals surface area contributed by atoms with Gasteiger partial charge in [-0.3, -0.25) is 10.1 Å². The van der Waals surface area contributed by atoms with Gasteiger partial charge < -0.3 is 5.11 Å². The van der Waals surface area contributed by atoms with E-state index in [0.717, 1.165) is 0 Å². The van der Waals surface area contributed by atoms with E-state index in [0.29, 0.717) is 11.1 Å². The highest BCUT2D eigenvalue weighted by atomic mass is 16.3. The molecule has 1 amide bonds. The van der Waals surface area contributed by atoms with Crippen LogP contribution in [0.3, 0.4) is 0 Å². The molecule has 0 unspecified atom stereocenters. The van der Waals surface area contributed by atoms with Crippen LogP contribution in [-0.2, 0) is 0 Å². The lowest BCUT2D eigenvalue weighted by Crippen LogP contribution is -2.13. The molecule has 0 aliphatic heterocycles.